The van der Waals surface area contributed by atoms with E-state index in [4.69, 9.17) is 9.57 Å². The molecule has 0 spiro atoms. The van der Waals surface area contributed by atoms with E-state index in [9.17, 15) is 4.79 Å². The summed E-state index contributed by atoms with van der Waals surface area (Å²) in [6.07, 6.45) is 0.828. The highest BCUT2D eigenvalue weighted by atomic mass is 16.7. The van der Waals surface area contributed by atoms with Crippen molar-refractivity contribution >= 4 is 5.97 Å². The van der Waals surface area contributed by atoms with Gasteiger partial charge in [-0.05, 0) is 18.1 Å². The fourth-order valence-corrected chi connectivity index (χ4v) is 1.83. The van der Waals surface area contributed by atoms with E-state index in [1.54, 1.807) is 5.06 Å². The molecule has 0 radical (unpaired) electrons. The molecule has 0 saturated carbocycles. The Labute approximate surface area is 101 Å². The monoisotopic (exact) mass is 235 g/mol. The third-order valence-electron chi connectivity index (χ3n) is 2.80. The Morgan fingerprint density at radius 3 is 2.76 bits per heavy atom. The zero-order valence-corrected chi connectivity index (χ0v) is 10.0. The number of carbonyl (C=O) groups excluding carboxylic acids is 1. The van der Waals surface area contributed by atoms with Crippen LogP contribution in [0.25, 0.3) is 0 Å². The highest BCUT2D eigenvalue weighted by molar-refractivity contribution is 5.90. The van der Waals surface area contributed by atoms with E-state index in [2.05, 4.69) is 0 Å². The second kappa shape index (κ2) is 5.80. The molecule has 4 nitrogen and oxygen atoms in total. The molecule has 0 atom stereocenters. The molecule has 17 heavy (non-hydrogen) atoms. The van der Waals surface area contributed by atoms with Crippen molar-refractivity contribution in [1.82, 2.24) is 5.06 Å². The van der Waals surface area contributed by atoms with Crippen LogP contribution in [0.1, 0.15) is 22.8 Å². The van der Waals surface area contributed by atoms with Crippen molar-refractivity contribution < 1.29 is 14.4 Å². The van der Waals surface area contributed by atoms with Gasteiger partial charge in [-0.1, -0.05) is 25.1 Å². The summed E-state index contributed by atoms with van der Waals surface area (Å²) < 4.78 is 5.20. The van der Waals surface area contributed by atoms with Crippen molar-refractivity contribution in [3.05, 3.63) is 35.4 Å². The number of nitrogens with zero attached hydrogens (tertiary/aromatic N) is 1. The Kier molecular flexibility index (Phi) is 4.12. The first-order valence-corrected chi connectivity index (χ1v) is 5.94. The van der Waals surface area contributed by atoms with Gasteiger partial charge in [0.2, 0.25) is 0 Å². The molecule has 1 aromatic rings. The van der Waals surface area contributed by atoms with Crippen LogP contribution in [-0.4, -0.2) is 37.3 Å². The number of carbonyl (C=O) groups is 1. The van der Waals surface area contributed by atoms with Crippen molar-refractivity contribution in [2.75, 3.05) is 26.3 Å². The summed E-state index contributed by atoms with van der Waals surface area (Å²) >= 11 is 0. The maximum Gasteiger partial charge on any atom is 0.357 e. The summed E-state index contributed by atoms with van der Waals surface area (Å²) in [7, 11) is 0. The minimum Gasteiger partial charge on any atom is -0.379 e. The second-order valence-electron chi connectivity index (χ2n) is 3.93. The summed E-state index contributed by atoms with van der Waals surface area (Å²) in [4.78, 5) is 17.3. The third kappa shape index (κ3) is 3.05. The fourth-order valence-electron chi connectivity index (χ4n) is 1.83. The van der Waals surface area contributed by atoms with E-state index >= 15 is 0 Å². The number of hydrogen-bond acceptors (Lipinski definition) is 4. The fraction of sp³-hybridized carbons (Fsp3) is 0.462. The van der Waals surface area contributed by atoms with Gasteiger partial charge >= 0.3 is 5.97 Å². The van der Waals surface area contributed by atoms with Gasteiger partial charge in [0.05, 0.1) is 31.9 Å². The lowest BCUT2D eigenvalue weighted by Gasteiger charge is -2.25. The van der Waals surface area contributed by atoms with Gasteiger partial charge in [0.25, 0.3) is 0 Å². The number of benzene rings is 1. The van der Waals surface area contributed by atoms with Crippen molar-refractivity contribution in [3.63, 3.8) is 0 Å². The SMILES string of the molecule is CCc1ccccc1C(=O)ON1CCOCC1. The molecule has 0 unspecified atom stereocenters. The topological polar surface area (TPSA) is 38.8 Å². The van der Waals surface area contributed by atoms with Gasteiger partial charge in [-0.2, -0.15) is 0 Å². The molecule has 1 fully saturated rings. The maximum atomic E-state index is 12.0. The van der Waals surface area contributed by atoms with Crippen LogP contribution >= 0.6 is 0 Å². The summed E-state index contributed by atoms with van der Waals surface area (Å²) in [5, 5.41) is 1.66. The molecule has 0 bridgehead atoms. The Morgan fingerprint density at radius 1 is 1.35 bits per heavy atom. The first kappa shape index (κ1) is 12.1. The van der Waals surface area contributed by atoms with Gasteiger partial charge in [-0.25, -0.2) is 4.79 Å². The molecule has 0 aliphatic carbocycles. The van der Waals surface area contributed by atoms with E-state index < -0.39 is 0 Å². The lowest BCUT2D eigenvalue weighted by atomic mass is 10.1. The number of morpholine rings is 1. The van der Waals surface area contributed by atoms with E-state index in [1.807, 2.05) is 31.2 Å². The van der Waals surface area contributed by atoms with Gasteiger partial charge in [0.1, 0.15) is 0 Å². The van der Waals surface area contributed by atoms with Gasteiger partial charge < -0.3 is 9.57 Å². The minimum atomic E-state index is -0.274. The lowest BCUT2D eigenvalue weighted by molar-refractivity contribution is -0.150. The van der Waals surface area contributed by atoms with Crippen molar-refractivity contribution in [1.29, 1.82) is 0 Å². The Balaban J connectivity index is 2.03. The Bertz CT molecular complexity index is 386. The highest BCUT2D eigenvalue weighted by Crippen LogP contribution is 2.12. The van der Waals surface area contributed by atoms with Crippen LogP contribution in [0.3, 0.4) is 0 Å². The first-order chi connectivity index (χ1) is 8.31. The number of aryl methyl sites for hydroxylation is 1. The average Bonchev–Trinajstić information content (AvgIpc) is 2.40. The van der Waals surface area contributed by atoms with Crippen LogP contribution in [0, 0.1) is 0 Å². The largest absolute Gasteiger partial charge is 0.379 e. The summed E-state index contributed by atoms with van der Waals surface area (Å²) in [5.41, 5.74) is 1.67. The first-order valence-electron chi connectivity index (χ1n) is 5.94. The van der Waals surface area contributed by atoms with E-state index in [-0.39, 0.29) is 5.97 Å². The Hall–Kier alpha value is -1.39. The number of rotatable bonds is 3. The molecule has 4 heteroatoms. The quantitative estimate of drug-likeness (QED) is 0.798. The van der Waals surface area contributed by atoms with Crippen LogP contribution in [0.5, 0.6) is 0 Å². The van der Waals surface area contributed by atoms with Gasteiger partial charge in [-0.15, -0.1) is 5.06 Å². The van der Waals surface area contributed by atoms with E-state index in [0.717, 1.165) is 12.0 Å². The van der Waals surface area contributed by atoms with Crippen molar-refractivity contribution in [3.8, 4) is 0 Å². The molecule has 2 rings (SSSR count). The molecule has 1 saturated heterocycles. The second-order valence-corrected chi connectivity index (χ2v) is 3.93. The molecule has 0 amide bonds. The van der Waals surface area contributed by atoms with Gasteiger partial charge in [0.15, 0.2) is 0 Å². The standard InChI is InChI=1S/C13H17NO3/c1-2-11-5-3-4-6-12(11)13(15)17-14-7-9-16-10-8-14/h3-6H,2,7-10H2,1H3. The van der Waals surface area contributed by atoms with Gasteiger partial charge in [-0.3, -0.25) is 0 Å². The third-order valence-corrected chi connectivity index (χ3v) is 2.80. The molecule has 1 aromatic carbocycles. The average molecular weight is 235 g/mol. The van der Waals surface area contributed by atoms with Crippen LogP contribution in [0.4, 0.5) is 0 Å². The maximum absolute atomic E-state index is 12.0. The van der Waals surface area contributed by atoms with E-state index in [0.29, 0.717) is 31.9 Å². The number of ether oxygens (including phenoxy) is 1. The van der Waals surface area contributed by atoms with Crippen LogP contribution in [0.2, 0.25) is 0 Å². The van der Waals surface area contributed by atoms with E-state index in [1.165, 1.54) is 0 Å². The summed E-state index contributed by atoms with van der Waals surface area (Å²) in [6, 6.07) is 7.55. The smallest absolute Gasteiger partial charge is 0.357 e. The van der Waals surface area contributed by atoms with Crippen LogP contribution in [-0.2, 0) is 16.0 Å². The molecule has 0 aromatic heterocycles. The zero-order valence-electron chi connectivity index (χ0n) is 10.0. The van der Waals surface area contributed by atoms with Crippen molar-refractivity contribution in [2.45, 2.75) is 13.3 Å². The molecule has 1 aliphatic heterocycles. The van der Waals surface area contributed by atoms with Gasteiger partial charge in [0, 0.05) is 0 Å². The molecule has 92 valence electrons. The Morgan fingerprint density at radius 2 is 2.06 bits per heavy atom. The number of hydroxylamine groups is 2. The normalized spacial score (nSPS) is 16.8. The lowest BCUT2D eigenvalue weighted by Crippen LogP contribution is -2.38. The predicted octanol–water partition coefficient (Wildman–Crippen LogP) is 1.65. The van der Waals surface area contributed by atoms with Crippen molar-refractivity contribution in [2.24, 2.45) is 0 Å². The molecule has 0 N–H and O–H groups in total. The van der Waals surface area contributed by atoms with Crippen LogP contribution in [0.15, 0.2) is 24.3 Å². The minimum absolute atomic E-state index is 0.274. The molecule has 1 aliphatic rings. The highest BCUT2D eigenvalue weighted by Gasteiger charge is 2.18. The summed E-state index contributed by atoms with van der Waals surface area (Å²) in [5.74, 6) is -0.274. The predicted molar refractivity (Wildman–Crippen MR) is 63.6 cm³/mol. The zero-order chi connectivity index (χ0) is 12.1. The molecular weight excluding hydrogens is 218 g/mol. The number of hydrogen-bond donors (Lipinski definition) is 0. The molecular formula is C13H17NO3. The molecule has 1 heterocycles. The van der Waals surface area contributed by atoms with Crippen LogP contribution < -0.4 is 0 Å². The summed E-state index contributed by atoms with van der Waals surface area (Å²) in [6.45, 7) is 4.53.